The molecule has 0 saturated carbocycles. The lowest BCUT2D eigenvalue weighted by Crippen LogP contribution is -3.07. The molecule has 3 rings (SSSR count). The van der Waals surface area contributed by atoms with Gasteiger partial charge in [-0.1, -0.05) is 43.7 Å². The monoisotopic (exact) mass is 338 g/mol. The number of benzene rings is 2. The van der Waals surface area contributed by atoms with Crippen molar-refractivity contribution in [1.29, 1.82) is 0 Å². The van der Waals surface area contributed by atoms with Crippen molar-refractivity contribution in [3.05, 3.63) is 64.9 Å². The molecule has 0 aliphatic carbocycles. The Hall–Kier alpha value is -2.59. The van der Waals surface area contributed by atoms with Crippen molar-refractivity contribution in [1.82, 2.24) is 0 Å². The van der Waals surface area contributed by atoms with Gasteiger partial charge in [-0.15, -0.1) is 0 Å². The molecule has 0 radical (unpaired) electrons. The highest BCUT2D eigenvalue weighted by Gasteiger charge is 2.32. The van der Waals surface area contributed by atoms with Crippen LogP contribution < -0.4 is 9.64 Å². The van der Waals surface area contributed by atoms with Gasteiger partial charge in [-0.05, 0) is 30.2 Å². The second-order valence-corrected chi connectivity index (χ2v) is 6.53. The molecule has 130 valence electrons. The first-order valence-corrected chi connectivity index (χ1v) is 8.75. The van der Waals surface area contributed by atoms with Gasteiger partial charge in [0.15, 0.2) is 11.5 Å². The zero-order chi connectivity index (χ0) is 17.8. The van der Waals surface area contributed by atoms with E-state index in [-0.39, 0.29) is 11.5 Å². The molecule has 1 heterocycles. The van der Waals surface area contributed by atoms with E-state index in [1.54, 1.807) is 18.2 Å². The number of ether oxygens (including phenoxy) is 1. The standard InChI is InChI=1S/C21H23NO3/c1-3-4-12-22(2)14-17-18(23)11-10-16-20(24)19(25-21(16)17)13-15-8-6-5-7-9-15/h5-11,13,23H,3-4,12,14H2,1-2H3/p+1/b19-13-. The summed E-state index contributed by atoms with van der Waals surface area (Å²) in [4.78, 5) is 13.9. The van der Waals surface area contributed by atoms with Gasteiger partial charge >= 0.3 is 0 Å². The largest absolute Gasteiger partial charge is 0.507 e. The lowest BCUT2D eigenvalue weighted by molar-refractivity contribution is -0.894. The van der Waals surface area contributed by atoms with Crippen LogP contribution in [0.4, 0.5) is 0 Å². The van der Waals surface area contributed by atoms with Crippen LogP contribution in [0, 0.1) is 0 Å². The van der Waals surface area contributed by atoms with Gasteiger partial charge in [0, 0.05) is 0 Å². The number of hydrogen-bond donors (Lipinski definition) is 2. The van der Waals surface area contributed by atoms with Crippen molar-refractivity contribution in [2.24, 2.45) is 0 Å². The predicted molar refractivity (Wildman–Crippen MR) is 97.9 cm³/mol. The van der Waals surface area contributed by atoms with Crippen molar-refractivity contribution >= 4 is 11.9 Å². The number of carbonyl (C=O) groups excluding carboxylic acids is 1. The van der Waals surface area contributed by atoms with Gasteiger partial charge < -0.3 is 14.7 Å². The number of ketones is 1. The Bertz CT molecular complexity index is 796. The van der Waals surface area contributed by atoms with E-state index < -0.39 is 0 Å². The number of quaternary nitrogens is 1. The van der Waals surface area contributed by atoms with E-state index in [9.17, 15) is 9.90 Å². The summed E-state index contributed by atoms with van der Waals surface area (Å²) in [5, 5.41) is 10.3. The molecule has 4 heteroatoms. The fourth-order valence-electron chi connectivity index (χ4n) is 3.04. The first-order chi connectivity index (χ1) is 12.1. The van der Waals surface area contributed by atoms with Crippen molar-refractivity contribution in [3.63, 3.8) is 0 Å². The summed E-state index contributed by atoms with van der Waals surface area (Å²) in [5.74, 6) is 0.858. The third kappa shape index (κ3) is 3.74. The topological polar surface area (TPSA) is 51.0 Å². The maximum Gasteiger partial charge on any atom is 0.231 e. The first-order valence-electron chi connectivity index (χ1n) is 8.75. The van der Waals surface area contributed by atoms with Gasteiger partial charge in [-0.2, -0.15) is 0 Å². The van der Waals surface area contributed by atoms with Crippen molar-refractivity contribution in [2.75, 3.05) is 13.6 Å². The molecule has 2 aromatic carbocycles. The Morgan fingerprint density at radius 2 is 1.92 bits per heavy atom. The number of phenols is 1. The second kappa shape index (κ2) is 7.53. The maximum absolute atomic E-state index is 12.6. The third-order valence-electron chi connectivity index (χ3n) is 4.45. The third-order valence-corrected chi connectivity index (χ3v) is 4.45. The molecule has 2 aromatic rings. The average molecular weight is 338 g/mol. The minimum Gasteiger partial charge on any atom is -0.507 e. The first kappa shape index (κ1) is 17.2. The van der Waals surface area contributed by atoms with Crippen molar-refractivity contribution in [3.8, 4) is 11.5 Å². The number of fused-ring (bicyclic) bond motifs is 1. The minimum atomic E-state index is -0.133. The van der Waals surface area contributed by atoms with E-state index in [4.69, 9.17) is 4.74 Å². The second-order valence-electron chi connectivity index (χ2n) is 6.53. The highest BCUT2D eigenvalue weighted by molar-refractivity contribution is 6.14. The number of carbonyl (C=O) groups is 1. The lowest BCUT2D eigenvalue weighted by atomic mass is 10.0. The fraction of sp³-hybridized carbons (Fsp3) is 0.286. The number of Topliss-reactive ketones (excluding diaryl/α,β-unsaturated/α-hetero) is 1. The van der Waals surface area contributed by atoms with Crippen molar-refractivity contribution in [2.45, 2.75) is 26.3 Å². The number of rotatable bonds is 6. The average Bonchev–Trinajstić information content (AvgIpc) is 2.93. The lowest BCUT2D eigenvalue weighted by Gasteiger charge is -2.16. The van der Waals surface area contributed by atoms with Crippen LogP contribution >= 0.6 is 0 Å². The molecule has 25 heavy (non-hydrogen) atoms. The molecule has 1 aliphatic rings. The highest BCUT2D eigenvalue weighted by Crippen LogP contribution is 2.39. The SMILES string of the molecule is CCCC[NH+](C)Cc1c(O)ccc2c1O/C(=C\c1ccccc1)C2=O. The smallest absolute Gasteiger partial charge is 0.231 e. The number of nitrogens with one attached hydrogen (secondary N) is 1. The van der Waals surface area contributed by atoms with Crippen LogP contribution in [0.1, 0.15) is 41.3 Å². The van der Waals surface area contributed by atoms with E-state index in [0.29, 0.717) is 29.2 Å². The normalized spacial score (nSPS) is 15.9. The van der Waals surface area contributed by atoms with E-state index in [1.807, 2.05) is 30.3 Å². The molecular weight excluding hydrogens is 314 g/mol. The predicted octanol–water partition coefficient (Wildman–Crippen LogP) is 2.82. The van der Waals surface area contributed by atoms with E-state index in [0.717, 1.165) is 24.9 Å². The Morgan fingerprint density at radius 1 is 1.16 bits per heavy atom. The highest BCUT2D eigenvalue weighted by atomic mass is 16.5. The summed E-state index contributed by atoms with van der Waals surface area (Å²) >= 11 is 0. The van der Waals surface area contributed by atoms with Gasteiger partial charge in [0.25, 0.3) is 0 Å². The molecule has 1 aliphatic heterocycles. The Labute approximate surface area is 148 Å². The van der Waals surface area contributed by atoms with Gasteiger partial charge in [-0.25, -0.2) is 0 Å². The number of hydrogen-bond acceptors (Lipinski definition) is 3. The van der Waals surface area contributed by atoms with Gasteiger partial charge in [-0.3, -0.25) is 4.79 Å². The number of allylic oxidation sites excluding steroid dienone is 1. The zero-order valence-electron chi connectivity index (χ0n) is 14.7. The summed E-state index contributed by atoms with van der Waals surface area (Å²) in [6, 6.07) is 12.8. The maximum atomic E-state index is 12.6. The summed E-state index contributed by atoms with van der Waals surface area (Å²) < 4.78 is 5.88. The van der Waals surface area contributed by atoms with Crippen LogP contribution in [-0.2, 0) is 6.54 Å². The molecule has 1 unspecified atom stereocenters. The van der Waals surface area contributed by atoms with Crippen LogP contribution in [0.5, 0.6) is 11.5 Å². The number of unbranched alkanes of at least 4 members (excludes halogenated alkanes) is 1. The number of aromatic hydroxyl groups is 1. The molecule has 1 atom stereocenters. The van der Waals surface area contributed by atoms with Crippen LogP contribution in [0.3, 0.4) is 0 Å². The van der Waals surface area contributed by atoms with E-state index in [2.05, 4.69) is 14.0 Å². The van der Waals surface area contributed by atoms with E-state index in [1.165, 1.54) is 4.90 Å². The fourth-order valence-corrected chi connectivity index (χ4v) is 3.04. The molecule has 0 bridgehead atoms. The summed E-state index contributed by atoms with van der Waals surface area (Å²) in [6.45, 7) is 3.80. The van der Waals surface area contributed by atoms with Crippen LogP contribution in [-0.4, -0.2) is 24.5 Å². The van der Waals surface area contributed by atoms with Crippen LogP contribution in [0.2, 0.25) is 0 Å². The van der Waals surface area contributed by atoms with Gasteiger partial charge in [0.05, 0.1) is 24.7 Å². The van der Waals surface area contributed by atoms with Crippen LogP contribution in [0.25, 0.3) is 6.08 Å². The molecule has 4 nitrogen and oxygen atoms in total. The molecule has 0 aromatic heterocycles. The molecule has 2 N–H and O–H groups in total. The Balaban J connectivity index is 1.89. The summed E-state index contributed by atoms with van der Waals surface area (Å²) in [7, 11) is 2.09. The minimum absolute atomic E-state index is 0.133. The molecular formula is C21H24NO3+. The molecule has 0 spiro atoms. The zero-order valence-corrected chi connectivity index (χ0v) is 14.7. The Morgan fingerprint density at radius 3 is 2.64 bits per heavy atom. The molecule has 0 amide bonds. The summed E-state index contributed by atoms with van der Waals surface area (Å²) in [5.41, 5.74) is 2.14. The quantitative estimate of drug-likeness (QED) is 0.797. The van der Waals surface area contributed by atoms with E-state index >= 15 is 0 Å². The number of phenolic OH excluding ortho intramolecular Hbond substituents is 1. The van der Waals surface area contributed by atoms with Crippen molar-refractivity contribution < 1.29 is 19.5 Å². The Kier molecular flexibility index (Phi) is 5.19. The van der Waals surface area contributed by atoms with Gasteiger partial charge in [0.1, 0.15) is 12.3 Å². The van der Waals surface area contributed by atoms with Gasteiger partial charge in [0.2, 0.25) is 5.78 Å². The molecule has 0 fully saturated rings. The van der Waals surface area contributed by atoms with Crippen LogP contribution in [0.15, 0.2) is 48.2 Å². The molecule has 0 saturated heterocycles. The summed E-state index contributed by atoms with van der Waals surface area (Å²) in [6.07, 6.45) is 4.01.